The highest BCUT2D eigenvalue weighted by molar-refractivity contribution is 6.32. The number of carbonyl (C=O) groups excluding carboxylic acids is 2. The Morgan fingerprint density at radius 2 is 1.76 bits per heavy atom. The second-order valence-electron chi connectivity index (χ2n) is 5.28. The summed E-state index contributed by atoms with van der Waals surface area (Å²) in [4.78, 5) is 24.3. The molecule has 0 saturated heterocycles. The molecule has 132 valence electrons. The van der Waals surface area contributed by atoms with Gasteiger partial charge >= 0.3 is 5.97 Å². The van der Waals surface area contributed by atoms with Crippen molar-refractivity contribution < 1.29 is 19.1 Å². The van der Waals surface area contributed by atoms with Gasteiger partial charge in [0.15, 0.2) is 6.61 Å². The van der Waals surface area contributed by atoms with E-state index >= 15 is 0 Å². The molecule has 5 nitrogen and oxygen atoms in total. The predicted molar refractivity (Wildman–Crippen MR) is 95.7 cm³/mol. The van der Waals surface area contributed by atoms with E-state index in [0.29, 0.717) is 17.2 Å². The minimum Gasteiger partial charge on any atom is -0.482 e. The van der Waals surface area contributed by atoms with Gasteiger partial charge in [0.25, 0.3) is 5.91 Å². The van der Waals surface area contributed by atoms with Crippen LogP contribution in [0.15, 0.2) is 54.6 Å². The number of hydrogen-bond donors (Lipinski definition) is 1. The zero-order valence-electron chi connectivity index (χ0n) is 13.9. The summed E-state index contributed by atoms with van der Waals surface area (Å²) < 4.78 is 10.4. The molecule has 1 unspecified atom stereocenters. The second kappa shape index (κ2) is 9.69. The molecule has 1 amide bonds. The fourth-order valence-corrected chi connectivity index (χ4v) is 2.42. The van der Waals surface area contributed by atoms with E-state index in [2.05, 4.69) is 5.32 Å². The first-order valence-corrected chi connectivity index (χ1v) is 8.35. The maximum atomic E-state index is 12.2. The average Bonchev–Trinajstić information content (AvgIpc) is 2.61. The summed E-state index contributed by atoms with van der Waals surface area (Å²) in [6.45, 7) is 1.73. The lowest BCUT2D eigenvalue weighted by molar-refractivity contribution is -0.147. The highest BCUT2D eigenvalue weighted by Gasteiger charge is 2.22. The Hall–Kier alpha value is -2.53. The number of ether oxygens (including phenoxy) is 2. The van der Waals surface area contributed by atoms with Crippen molar-refractivity contribution in [2.24, 2.45) is 0 Å². The number of hydrogen-bond acceptors (Lipinski definition) is 4. The van der Waals surface area contributed by atoms with Gasteiger partial charge in [-0.15, -0.1) is 0 Å². The van der Waals surface area contributed by atoms with E-state index in [0.717, 1.165) is 5.56 Å². The van der Waals surface area contributed by atoms with Crippen LogP contribution < -0.4 is 10.1 Å². The lowest BCUT2D eigenvalue weighted by atomic mass is 10.1. The van der Waals surface area contributed by atoms with Crippen molar-refractivity contribution in [3.63, 3.8) is 0 Å². The molecule has 0 radical (unpaired) electrons. The molecular formula is C19H20ClNO4. The number of amides is 1. The normalized spacial score (nSPS) is 11.4. The maximum absolute atomic E-state index is 12.2. The molecule has 2 rings (SSSR count). The van der Waals surface area contributed by atoms with Crippen molar-refractivity contribution in [1.82, 2.24) is 5.32 Å². The summed E-state index contributed by atoms with van der Waals surface area (Å²) >= 11 is 5.98. The van der Waals surface area contributed by atoms with Gasteiger partial charge in [-0.2, -0.15) is 0 Å². The van der Waals surface area contributed by atoms with Gasteiger partial charge in [-0.1, -0.05) is 54.1 Å². The Bertz CT molecular complexity index is 706. The molecule has 1 N–H and O–H groups in total. The van der Waals surface area contributed by atoms with E-state index in [1.54, 1.807) is 31.2 Å². The molecule has 0 bridgehead atoms. The predicted octanol–water partition coefficient (Wildman–Crippen LogP) is 3.01. The zero-order valence-corrected chi connectivity index (χ0v) is 14.7. The van der Waals surface area contributed by atoms with Crippen molar-refractivity contribution in [2.75, 3.05) is 13.2 Å². The average molecular weight is 362 g/mol. The minimum atomic E-state index is -0.773. The molecule has 0 aliphatic rings. The van der Waals surface area contributed by atoms with Gasteiger partial charge in [0, 0.05) is 6.42 Å². The standard InChI is InChI=1S/C19H20ClNO4/c1-2-24-19(23)16(12-14-8-4-3-5-9-14)21-18(22)13-25-17-11-7-6-10-15(17)20/h3-11,16H,2,12-13H2,1H3,(H,21,22). The third-order valence-corrected chi connectivity index (χ3v) is 3.70. The van der Waals surface area contributed by atoms with Gasteiger partial charge in [-0.25, -0.2) is 4.79 Å². The number of rotatable bonds is 8. The highest BCUT2D eigenvalue weighted by atomic mass is 35.5. The molecule has 2 aromatic rings. The first-order chi connectivity index (χ1) is 12.1. The van der Waals surface area contributed by atoms with E-state index in [9.17, 15) is 9.59 Å². The smallest absolute Gasteiger partial charge is 0.328 e. The van der Waals surface area contributed by atoms with Crippen LogP contribution in [-0.4, -0.2) is 31.1 Å². The molecule has 0 aliphatic heterocycles. The molecule has 0 saturated carbocycles. The lowest BCUT2D eigenvalue weighted by Gasteiger charge is -2.17. The summed E-state index contributed by atoms with van der Waals surface area (Å²) in [5.41, 5.74) is 0.924. The summed E-state index contributed by atoms with van der Waals surface area (Å²) in [7, 11) is 0. The van der Waals surface area contributed by atoms with Gasteiger partial charge in [0.1, 0.15) is 11.8 Å². The summed E-state index contributed by atoms with van der Waals surface area (Å²) in [5, 5.41) is 3.08. The van der Waals surface area contributed by atoms with Crippen LogP contribution in [0.25, 0.3) is 0 Å². The monoisotopic (exact) mass is 361 g/mol. The summed E-state index contributed by atoms with van der Waals surface area (Å²) in [6, 6.07) is 15.5. The quantitative estimate of drug-likeness (QED) is 0.734. The molecule has 0 aromatic heterocycles. The Balaban J connectivity index is 1.96. The van der Waals surface area contributed by atoms with Crippen molar-refractivity contribution >= 4 is 23.5 Å². The van der Waals surface area contributed by atoms with Gasteiger partial charge in [0.2, 0.25) is 0 Å². The van der Waals surface area contributed by atoms with Crippen LogP contribution in [0.3, 0.4) is 0 Å². The number of halogens is 1. The third-order valence-electron chi connectivity index (χ3n) is 3.38. The van der Waals surface area contributed by atoms with Gasteiger partial charge in [0.05, 0.1) is 11.6 Å². The van der Waals surface area contributed by atoms with Crippen LogP contribution in [-0.2, 0) is 20.7 Å². The molecule has 0 fully saturated rings. The molecular weight excluding hydrogens is 342 g/mol. The first kappa shape index (κ1) is 18.8. The van der Waals surface area contributed by atoms with Crippen molar-refractivity contribution in [1.29, 1.82) is 0 Å². The lowest BCUT2D eigenvalue weighted by Crippen LogP contribution is -2.45. The Morgan fingerprint density at radius 1 is 1.08 bits per heavy atom. The number of nitrogens with one attached hydrogen (secondary N) is 1. The molecule has 6 heteroatoms. The third kappa shape index (κ3) is 6.12. The van der Waals surface area contributed by atoms with Crippen LogP contribution in [0, 0.1) is 0 Å². The molecule has 0 heterocycles. The SMILES string of the molecule is CCOC(=O)C(Cc1ccccc1)NC(=O)COc1ccccc1Cl. The second-order valence-corrected chi connectivity index (χ2v) is 5.69. The van der Waals surface area contributed by atoms with Gasteiger partial charge in [-0.05, 0) is 24.6 Å². The van der Waals surface area contributed by atoms with Crippen LogP contribution in [0.1, 0.15) is 12.5 Å². The topological polar surface area (TPSA) is 64.6 Å². The zero-order chi connectivity index (χ0) is 18.1. The van der Waals surface area contributed by atoms with Crippen molar-refractivity contribution in [3.05, 3.63) is 65.2 Å². The van der Waals surface area contributed by atoms with Crippen LogP contribution in [0.2, 0.25) is 5.02 Å². The van der Waals surface area contributed by atoms with E-state index in [4.69, 9.17) is 21.1 Å². The molecule has 0 spiro atoms. The number of para-hydroxylation sites is 1. The Morgan fingerprint density at radius 3 is 2.44 bits per heavy atom. The number of esters is 1. The van der Waals surface area contributed by atoms with E-state index in [1.807, 2.05) is 30.3 Å². The van der Waals surface area contributed by atoms with E-state index < -0.39 is 17.9 Å². The van der Waals surface area contributed by atoms with Crippen LogP contribution >= 0.6 is 11.6 Å². The molecule has 2 aromatic carbocycles. The maximum Gasteiger partial charge on any atom is 0.328 e. The Labute approximate surface area is 151 Å². The number of benzene rings is 2. The van der Waals surface area contributed by atoms with Crippen LogP contribution in [0.5, 0.6) is 5.75 Å². The highest BCUT2D eigenvalue weighted by Crippen LogP contribution is 2.22. The van der Waals surface area contributed by atoms with Gasteiger partial charge < -0.3 is 14.8 Å². The summed E-state index contributed by atoms with van der Waals surface area (Å²) in [5.74, 6) is -0.485. The van der Waals surface area contributed by atoms with Crippen LogP contribution in [0.4, 0.5) is 0 Å². The minimum absolute atomic E-state index is 0.242. The van der Waals surface area contributed by atoms with E-state index in [-0.39, 0.29) is 13.2 Å². The fourth-order valence-electron chi connectivity index (χ4n) is 2.23. The van der Waals surface area contributed by atoms with Crippen molar-refractivity contribution in [2.45, 2.75) is 19.4 Å². The molecule has 0 aliphatic carbocycles. The Kier molecular flexibility index (Phi) is 7.29. The molecule has 25 heavy (non-hydrogen) atoms. The summed E-state index contributed by atoms with van der Waals surface area (Å²) in [6.07, 6.45) is 0.345. The van der Waals surface area contributed by atoms with E-state index in [1.165, 1.54) is 0 Å². The molecule has 1 atom stereocenters. The number of carbonyl (C=O) groups is 2. The van der Waals surface area contributed by atoms with Gasteiger partial charge in [-0.3, -0.25) is 4.79 Å². The fraction of sp³-hybridized carbons (Fsp3) is 0.263. The largest absolute Gasteiger partial charge is 0.482 e. The first-order valence-electron chi connectivity index (χ1n) is 7.97. The van der Waals surface area contributed by atoms with Crippen molar-refractivity contribution in [3.8, 4) is 5.75 Å².